The zero-order valence-corrected chi connectivity index (χ0v) is 14.1. The molecule has 4 heteroatoms. The molecule has 0 saturated carbocycles. The average Bonchev–Trinajstić information content (AvgIpc) is 2.81. The number of fused-ring (bicyclic) bond motifs is 1. The van der Waals surface area contributed by atoms with Crippen LogP contribution in [0.15, 0.2) is 42.7 Å². The van der Waals surface area contributed by atoms with E-state index in [1.54, 1.807) is 0 Å². The summed E-state index contributed by atoms with van der Waals surface area (Å²) in [5.41, 5.74) is 6.58. The van der Waals surface area contributed by atoms with Gasteiger partial charge in [0, 0.05) is 31.0 Å². The van der Waals surface area contributed by atoms with Crippen LogP contribution >= 0.6 is 0 Å². The lowest BCUT2D eigenvalue weighted by Crippen LogP contribution is -2.43. The van der Waals surface area contributed by atoms with Crippen LogP contribution < -0.4 is 0 Å². The summed E-state index contributed by atoms with van der Waals surface area (Å²) in [6.07, 6.45) is 5.08. The van der Waals surface area contributed by atoms with Crippen molar-refractivity contribution in [3.63, 3.8) is 0 Å². The molecule has 0 bridgehead atoms. The third kappa shape index (κ3) is 2.58. The molecule has 122 valence electrons. The van der Waals surface area contributed by atoms with Crippen LogP contribution in [-0.4, -0.2) is 33.4 Å². The van der Waals surface area contributed by atoms with E-state index in [9.17, 15) is 4.79 Å². The van der Waals surface area contributed by atoms with E-state index < -0.39 is 0 Å². The van der Waals surface area contributed by atoms with Gasteiger partial charge in [-0.05, 0) is 37.5 Å². The molecule has 1 amide bonds. The average molecular weight is 319 g/mol. The van der Waals surface area contributed by atoms with Crippen LogP contribution in [0.25, 0.3) is 22.2 Å². The van der Waals surface area contributed by atoms with Crippen LogP contribution in [0.2, 0.25) is 0 Å². The van der Waals surface area contributed by atoms with Gasteiger partial charge in [0.2, 0.25) is 5.91 Å². The van der Waals surface area contributed by atoms with Gasteiger partial charge in [-0.25, -0.2) is 0 Å². The van der Waals surface area contributed by atoms with Gasteiger partial charge in [0.1, 0.15) is 6.54 Å². The number of pyridine rings is 1. The molecule has 24 heavy (non-hydrogen) atoms. The van der Waals surface area contributed by atoms with E-state index in [1.165, 1.54) is 5.56 Å². The van der Waals surface area contributed by atoms with E-state index in [0.29, 0.717) is 6.54 Å². The number of aryl methyl sites for hydroxylation is 2. The lowest BCUT2D eigenvalue weighted by atomic mass is 10.0. The molecule has 1 aromatic carbocycles. The monoisotopic (exact) mass is 319 g/mol. The highest BCUT2D eigenvalue weighted by molar-refractivity contribution is 5.86. The molecule has 0 N–H and O–H groups in total. The Morgan fingerprint density at radius 2 is 2.00 bits per heavy atom. The lowest BCUT2D eigenvalue weighted by molar-refractivity contribution is -0.135. The second-order valence-electron chi connectivity index (χ2n) is 6.64. The molecule has 0 radical (unpaired) electrons. The van der Waals surface area contributed by atoms with E-state index in [2.05, 4.69) is 42.2 Å². The molecule has 0 spiro atoms. The van der Waals surface area contributed by atoms with E-state index >= 15 is 0 Å². The molecule has 4 rings (SSSR count). The minimum Gasteiger partial charge on any atom is -0.341 e. The first-order valence-corrected chi connectivity index (χ1v) is 8.42. The van der Waals surface area contributed by atoms with Crippen molar-refractivity contribution in [1.29, 1.82) is 0 Å². The third-order valence-corrected chi connectivity index (χ3v) is 4.77. The van der Waals surface area contributed by atoms with Crippen LogP contribution in [0.4, 0.5) is 0 Å². The van der Waals surface area contributed by atoms with Gasteiger partial charge < -0.3 is 9.47 Å². The van der Waals surface area contributed by atoms with Gasteiger partial charge in [-0.2, -0.15) is 0 Å². The zero-order valence-electron chi connectivity index (χ0n) is 14.1. The number of likely N-dealkylation sites (tertiary alicyclic amines) is 1. The molecule has 1 aliphatic heterocycles. The Morgan fingerprint density at radius 3 is 2.71 bits per heavy atom. The number of carbonyl (C=O) groups is 1. The van der Waals surface area contributed by atoms with Crippen LogP contribution in [-0.2, 0) is 11.3 Å². The molecule has 1 fully saturated rings. The van der Waals surface area contributed by atoms with Crippen molar-refractivity contribution >= 4 is 16.9 Å². The Balaban J connectivity index is 1.74. The van der Waals surface area contributed by atoms with Gasteiger partial charge in [0.15, 0.2) is 0 Å². The first-order chi connectivity index (χ1) is 11.6. The van der Waals surface area contributed by atoms with Crippen molar-refractivity contribution in [1.82, 2.24) is 14.5 Å². The fraction of sp³-hybridized carbons (Fsp3) is 0.300. The number of aromatic nitrogens is 2. The molecule has 3 heterocycles. The topological polar surface area (TPSA) is 38.1 Å². The molecule has 0 unspecified atom stereocenters. The highest BCUT2D eigenvalue weighted by Gasteiger charge is 2.21. The summed E-state index contributed by atoms with van der Waals surface area (Å²) in [6, 6.07) is 10.6. The summed E-state index contributed by atoms with van der Waals surface area (Å²) < 4.78 is 2.04. The molecule has 4 nitrogen and oxygen atoms in total. The molecule has 1 aliphatic rings. The van der Waals surface area contributed by atoms with Crippen LogP contribution in [0, 0.1) is 13.8 Å². The van der Waals surface area contributed by atoms with Crippen LogP contribution in [0.5, 0.6) is 0 Å². The first-order valence-electron chi connectivity index (χ1n) is 8.42. The van der Waals surface area contributed by atoms with Crippen molar-refractivity contribution in [2.24, 2.45) is 0 Å². The Kier molecular flexibility index (Phi) is 3.60. The maximum absolute atomic E-state index is 12.3. The van der Waals surface area contributed by atoms with Gasteiger partial charge >= 0.3 is 0 Å². The number of hydrogen-bond acceptors (Lipinski definition) is 2. The van der Waals surface area contributed by atoms with Crippen molar-refractivity contribution in [3.05, 3.63) is 53.9 Å². The van der Waals surface area contributed by atoms with Crippen LogP contribution in [0.3, 0.4) is 0 Å². The fourth-order valence-corrected chi connectivity index (χ4v) is 3.27. The van der Waals surface area contributed by atoms with E-state index in [-0.39, 0.29) is 5.91 Å². The fourth-order valence-electron chi connectivity index (χ4n) is 3.27. The second kappa shape index (κ2) is 5.78. The van der Waals surface area contributed by atoms with Crippen molar-refractivity contribution in [3.8, 4) is 11.1 Å². The number of hydrogen-bond donors (Lipinski definition) is 0. The van der Waals surface area contributed by atoms with Gasteiger partial charge in [-0.15, -0.1) is 0 Å². The van der Waals surface area contributed by atoms with Gasteiger partial charge in [-0.3, -0.25) is 9.78 Å². The van der Waals surface area contributed by atoms with Crippen molar-refractivity contribution in [2.45, 2.75) is 26.8 Å². The number of nitrogens with zero attached hydrogens (tertiary/aromatic N) is 3. The summed E-state index contributed by atoms with van der Waals surface area (Å²) in [6.45, 7) is 6.32. The third-order valence-electron chi connectivity index (χ3n) is 4.77. The van der Waals surface area contributed by atoms with E-state index in [1.807, 2.05) is 28.8 Å². The van der Waals surface area contributed by atoms with Crippen molar-refractivity contribution < 1.29 is 4.79 Å². The molecule has 3 aromatic rings. The highest BCUT2D eigenvalue weighted by atomic mass is 16.2. The minimum absolute atomic E-state index is 0.194. The molecule has 0 aliphatic carbocycles. The largest absolute Gasteiger partial charge is 0.341 e. The molecular formula is C20H21N3O. The predicted molar refractivity (Wildman–Crippen MR) is 95.8 cm³/mol. The summed E-state index contributed by atoms with van der Waals surface area (Å²) in [5.74, 6) is 0.194. The van der Waals surface area contributed by atoms with E-state index in [4.69, 9.17) is 0 Å². The highest BCUT2D eigenvalue weighted by Crippen LogP contribution is 2.26. The standard InChI is InChI=1S/C20H21N3O/c1-14-5-3-6-16(9-14)17-10-18-20(21-11-17)15(2)12-23(18)13-19(24)22-7-4-8-22/h3,5-6,9-12H,4,7-8,13H2,1-2H3. The van der Waals surface area contributed by atoms with E-state index in [0.717, 1.165) is 47.2 Å². The normalized spacial score (nSPS) is 14.0. The van der Waals surface area contributed by atoms with Gasteiger partial charge in [0.05, 0.1) is 11.0 Å². The molecular weight excluding hydrogens is 298 g/mol. The number of rotatable bonds is 3. The molecule has 1 saturated heterocycles. The minimum atomic E-state index is 0.194. The quantitative estimate of drug-likeness (QED) is 0.740. The van der Waals surface area contributed by atoms with Crippen LogP contribution in [0.1, 0.15) is 17.5 Å². The Bertz CT molecular complexity index is 922. The Morgan fingerprint density at radius 1 is 1.17 bits per heavy atom. The summed E-state index contributed by atoms with van der Waals surface area (Å²) >= 11 is 0. The maximum atomic E-state index is 12.3. The number of benzene rings is 1. The smallest absolute Gasteiger partial charge is 0.242 e. The summed E-state index contributed by atoms with van der Waals surface area (Å²) in [4.78, 5) is 18.9. The number of carbonyl (C=O) groups excluding carboxylic acids is 1. The van der Waals surface area contributed by atoms with Crippen molar-refractivity contribution in [2.75, 3.05) is 13.1 Å². The zero-order chi connectivity index (χ0) is 16.7. The Hall–Kier alpha value is -2.62. The summed E-state index contributed by atoms with van der Waals surface area (Å²) in [7, 11) is 0. The second-order valence-corrected chi connectivity index (χ2v) is 6.64. The first kappa shape index (κ1) is 14.9. The lowest BCUT2D eigenvalue weighted by Gasteiger charge is -2.31. The predicted octanol–water partition coefficient (Wildman–Crippen LogP) is 3.55. The Labute approximate surface area is 141 Å². The molecule has 2 aromatic heterocycles. The summed E-state index contributed by atoms with van der Waals surface area (Å²) in [5, 5.41) is 0. The van der Waals surface area contributed by atoms with Gasteiger partial charge in [0.25, 0.3) is 0 Å². The number of amides is 1. The van der Waals surface area contributed by atoms with Gasteiger partial charge in [-0.1, -0.05) is 29.8 Å². The maximum Gasteiger partial charge on any atom is 0.242 e. The SMILES string of the molecule is Cc1cccc(-c2cnc3c(C)cn(CC(=O)N4CCC4)c3c2)c1. The molecule has 0 atom stereocenters.